The van der Waals surface area contributed by atoms with E-state index in [1.807, 2.05) is 31.3 Å². The van der Waals surface area contributed by atoms with Crippen molar-refractivity contribution in [1.29, 1.82) is 0 Å². The van der Waals surface area contributed by atoms with Crippen molar-refractivity contribution in [2.24, 2.45) is 5.92 Å². The van der Waals surface area contributed by atoms with Gasteiger partial charge in [-0.15, -0.1) is 0 Å². The number of benzene rings is 1. The second kappa shape index (κ2) is 9.49. The largest absolute Gasteiger partial charge is 0.379 e. The monoisotopic (exact) mass is 334 g/mol. The summed E-state index contributed by atoms with van der Waals surface area (Å²) in [6, 6.07) is 7.71. The molecule has 0 spiro atoms. The Balaban J connectivity index is 1.78. The van der Waals surface area contributed by atoms with E-state index in [0.717, 1.165) is 50.8 Å². The number of para-hydroxylation sites is 2. The lowest BCUT2D eigenvalue weighted by atomic mass is 10.1. The summed E-state index contributed by atoms with van der Waals surface area (Å²) < 4.78 is 5.36. The second-order valence-electron chi connectivity index (χ2n) is 6.38. The summed E-state index contributed by atoms with van der Waals surface area (Å²) in [5.41, 5.74) is 1.86. The van der Waals surface area contributed by atoms with E-state index in [-0.39, 0.29) is 6.03 Å². The average molecular weight is 334 g/mol. The van der Waals surface area contributed by atoms with Crippen molar-refractivity contribution in [3.8, 4) is 0 Å². The molecule has 0 unspecified atom stereocenters. The summed E-state index contributed by atoms with van der Waals surface area (Å²) in [5, 5.41) is 5.94. The number of ether oxygens (including phenoxy) is 1. The standard InChI is InChI=1S/C18H30N4O2/c1-4-21(3)17-8-6-5-7-16(17)20-18(23)19-13-15(2)14-22-9-11-24-12-10-22/h5-8,15H,4,9-14H2,1-3H3,(H2,19,20,23)/t15-/m0/s1. The highest BCUT2D eigenvalue weighted by atomic mass is 16.5. The number of carbonyl (C=O) groups excluding carboxylic acids is 1. The Bertz CT molecular complexity index is 517. The van der Waals surface area contributed by atoms with Gasteiger partial charge in [0.1, 0.15) is 0 Å². The van der Waals surface area contributed by atoms with E-state index >= 15 is 0 Å². The quantitative estimate of drug-likeness (QED) is 0.803. The van der Waals surface area contributed by atoms with Gasteiger partial charge in [-0.2, -0.15) is 0 Å². The molecular weight excluding hydrogens is 304 g/mol. The molecule has 2 amide bonds. The molecular formula is C18H30N4O2. The molecule has 1 aromatic rings. The first-order valence-electron chi connectivity index (χ1n) is 8.75. The summed E-state index contributed by atoms with van der Waals surface area (Å²) in [6.07, 6.45) is 0. The first-order valence-corrected chi connectivity index (χ1v) is 8.75. The Kier molecular flexibility index (Phi) is 7.34. The van der Waals surface area contributed by atoms with Crippen LogP contribution in [-0.2, 0) is 4.74 Å². The van der Waals surface area contributed by atoms with Gasteiger partial charge in [0, 0.05) is 39.8 Å². The number of anilines is 2. The Morgan fingerprint density at radius 2 is 2.04 bits per heavy atom. The number of rotatable bonds is 7. The highest BCUT2D eigenvalue weighted by molar-refractivity contribution is 5.93. The van der Waals surface area contributed by atoms with Crippen LogP contribution in [0.2, 0.25) is 0 Å². The summed E-state index contributed by atoms with van der Waals surface area (Å²) in [7, 11) is 2.02. The topological polar surface area (TPSA) is 56.8 Å². The molecule has 1 saturated heterocycles. The number of morpholine rings is 1. The van der Waals surface area contributed by atoms with E-state index in [2.05, 4.69) is 34.3 Å². The smallest absolute Gasteiger partial charge is 0.319 e. The Morgan fingerprint density at radius 3 is 2.75 bits per heavy atom. The molecule has 1 heterocycles. The Morgan fingerprint density at radius 1 is 1.33 bits per heavy atom. The lowest BCUT2D eigenvalue weighted by Gasteiger charge is -2.29. The van der Waals surface area contributed by atoms with E-state index in [9.17, 15) is 4.79 Å². The zero-order chi connectivity index (χ0) is 17.4. The SMILES string of the molecule is CCN(C)c1ccccc1NC(=O)NC[C@H](C)CN1CCOCC1. The molecule has 6 heteroatoms. The average Bonchev–Trinajstić information content (AvgIpc) is 2.60. The van der Waals surface area contributed by atoms with Crippen LogP contribution in [0.15, 0.2) is 24.3 Å². The molecule has 6 nitrogen and oxygen atoms in total. The third-order valence-corrected chi connectivity index (χ3v) is 4.32. The van der Waals surface area contributed by atoms with Crippen LogP contribution in [0.5, 0.6) is 0 Å². The minimum Gasteiger partial charge on any atom is -0.379 e. The van der Waals surface area contributed by atoms with Gasteiger partial charge in [-0.1, -0.05) is 19.1 Å². The van der Waals surface area contributed by atoms with Crippen LogP contribution >= 0.6 is 0 Å². The van der Waals surface area contributed by atoms with Gasteiger partial charge in [0.15, 0.2) is 0 Å². The number of amides is 2. The maximum absolute atomic E-state index is 12.2. The molecule has 0 bridgehead atoms. The molecule has 134 valence electrons. The summed E-state index contributed by atoms with van der Waals surface area (Å²) in [6.45, 7) is 10.4. The van der Waals surface area contributed by atoms with Crippen LogP contribution < -0.4 is 15.5 Å². The summed E-state index contributed by atoms with van der Waals surface area (Å²) in [4.78, 5) is 16.7. The van der Waals surface area contributed by atoms with Gasteiger partial charge >= 0.3 is 6.03 Å². The van der Waals surface area contributed by atoms with Crippen molar-refractivity contribution >= 4 is 17.4 Å². The molecule has 24 heavy (non-hydrogen) atoms. The molecule has 0 aromatic heterocycles. The zero-order valence-corrected chi connectivity index (χ0v) is 15.0. The maximum atomic E-state index is 12.2. The molecule has 0 aliphatic carbocycles. The Labute approximate surface area is 145 Å². The number of hydrogen-bond acceptors (Lipinski definition) is 4. The van der Waals surface area contributed by atoms with Crippen molar-refractivity contribution in [3.05, 3.63) is 24.3 Å². The van der Waals surface area contributed by atoms with Crippen LogP contribution in [0, 0.1) is 5.92 Å². The molecule has 1 aliphatic heterocycles. The second-order valence-corrected chi connectivity index (χ2v) is 6.38. The lowest BCUT2D eigenvalue weighted by molar-refractivity contribution is 0.0320. The molecule has 1 aliphatic rings. The van der Waals surface area contributed by atoms with Crippen molar-refractivity contribution in [3.63, 3.8) is 0 Å². The molecule has 2 rings (SSSR count). The normalized spacial score (nSPS) is 16.5. The van der Waals surface area contributed by atoms with E-state index in [1.165, 1.54) is 0 Å². The van der Waals surface area contributed by atoms with Crippen LogP contribution in [0.25, 0.3) is 0 Å². The van der Waals surface area contributed by atoms with E-state index in [1.54, 1.807) is 0 Å². The zero-order valence-electron chi connectivity index (χ0n) is 15.0. The van der Waals surface area contributed by atoms with Crippen molar-refractivity contribution in [1.82, 2.24) is 10.2 Å². The predicted octanol–water partition coefficient (Wildman–Crippen LogP) is 2.23. The minimum absolute atomic E-state index is 0.152. The van der Waals surface area contributed by atoms with Crippen molar-refractivity contribution in [2.45, 2.75) is 13.8 Å². The van der Waals surface area contributed by atoms with E-state index in [4.69, 9.17) is 4.74 Å². The third kappa shape index (κ3) is 5.69. The predicted molar refractivity (Wildman–Crippen MR) is 98.8 cm³/mol. The van der Waals surface area contributed by atoms with Crippen LogP contribution in [0.3, 0.4) is 0 Å². The molecule has 0 saturated carbocycles. The molecule has 1 atom stereocenters. The molecule has 1 fully saturated rings. The van der Waals surface area contributed by atoms with Gasteiger partial charge in [-0.3, -0.25) is 4.90 Å². The summed E-state index contributed by atoms with van der Waals surface area (Å²) in [5.74, 6) is 0.405. The highest BCUT2D eigenvalue weighted by Gasteiger charge is 2.15. The van der Waals surface area contributed by atoms with Crippen molar-refractivity contribution in [2.75, 3.05) is 63.2 Å². The number of hydrogen-bond donors (Lipinski definition) is 2. The van der Waals surface area contributed by atoms with Gasteiger partial charge in [-0.05, 0) is 25.0 Å². The van der Waals surface area contributed by atoms with Crippen LogP contribution in [-0.4, -0.2) is 63.9 Å². The van der Waals surface area contributed by atoms with E-state index in [0.29, 0.717) is 12.5 Å². The van der Waals surface area contributed by atoms with Gasteiger partial charge in [0.05, 0.1) is 24.6 Å². The van der Waals surface area contributed by atoms with E-state index < -0.39 is 0 Å². The van der Waals surface area contributed by atoms with Crippen LogP contribution in [0.4, 0.5) is 16.2 Å². The Hall–Kier alpha value is -1.79. The summed E-state index contributed by atoms with van der Waals surface area (Å²) >= 11 is 0. The minimum atomic E-state index is -0.152. The first-order chi connectivity index (χ1) is 11.6. The molecule has 2 N–H and O–H groups in total. The first kappa shape index (κ1) is 18.5. The van der Waals surface area contributed by atoms with Gasteiger partial charge in [0.2, 0.25) is 0 Å². The number of nitrogens with one attached hydrogen (secondary N) is 2. The van der Waals surface area contributed by atoms with Crippen molar-refractivity contribution < 1.29 is 9.53 Å². The fraction of sp³-hybridized carbons (Fsp3) is 0.611. The fourth-order valence-electron chi connectivity index (χ4n) is 2.81. The van der Waals surface area contributed by atoms with Gasteiger partial charge in [0.25, 0.3) is 0 Å². The van der Waals surface area contributed by atoms with Gasteiger partial charge in [-0.25, -0.2) is 4.79 Å². The van der Waals surface area contributed by atoms with Gasteiger partial charge < -0.3 is 20.3 Å². The number of carbonyl (C=O) groups is 1. The number of urea groups is 1. The highest BCUT2D eigenvalue weighted by Crippen LogP contribution is 2.24. The lowest BCUT2D eigenvalue weighted by Crippen LogP contribution is -2.42. The molecule has 1 aromatic carbocycles. The fourth-order valence-corrected chi connectivity index (χ4v) is 2.81. The number of nitrogens with zero attached hydrogens (tertiary/aromatic N) is 2. The molecule has 0 radical (unpaired) electrons. The third-order valence-electron chi connectivity index (χ3n) is 4.32. The maximum Gasteiger partial charge on any atom is 0.319 e. The van der Waals surface area contributed by atoms with Crippen LogP contribution in [0.1, 0.15) is 13.8 Å².